The molecule has 0 N–H and O–H groups in total. The summed E-state index contributed by atoms with van der Waals surface area (Å²) in [5.74, 6) is 1.66. The molecular formula is C14H19NO2. The van der Waals surface area contributed by atoms with Crippen molar-refractivity contribution in [3.8, 4) is 5.75 Å². The number of likely N-dealkylation sites (tertiary alicyclic amines) is 1. The fraction of sp³-hybridized carbons (Fsp3) is 0.500. The van der Waals surface area contributed by atoms with Crippen molar-refractivity contribution in [1.82, 2.24) is 4.90 Å². The second-order valence-corrected chi connectivity index (χ2v) is 4.73. The van der Waals surface area contributed by atoms with E-state index in [9.17, 15) is 4.79 Å². The summed E-state index contributed by atoms with van der Waals surface area (Å²) >= 11 is 0. The van der Waals surface area contributed by atoms with Crippen LogP contribution in [0.1, 0.15) is 23.7 Å². The van der Waals surface area contributed by atoms with Gasteiger partial charge in [0.2, 0.25) is 0 Å². The lowest BCUT2D eigenvalue weighted by Gasteiger charge is -2.15. The van der Waals surface area contributed by atoms with Crippen molar-refractivity contribution in [3.63, 3.8) is 0 Å². The molecule has 0 spiro atoms. The molecule has 1 fully saturated rings. The molecule has 2 rings (SSSR count). The van der Waals surface area contributed by atoms with Crippen LogP contribution in [0.5, 0.6) is 5.75 Å². The van der Waals surface area contributed by atoms with Gasteiger partial charge >= 0.3 is 0 Å². The highest BCUT2D eigenvalue weighted by Gasteiger charge is 2.17. The molecule has 3 nitrogen and oxygen atoms in total. The summed E-state index contributed by atoms with van der Waals surface area (Å²) in [7, 11) is 0. The van der Waals surface area contributed by atoms with Gasteiger partial charge in [-0.15, -0.1) is 0 Å². The first-order chi connectivity index (χ1) is 8.28. The second kappa shape index (κ2) is 5.82. The Kier molecular flexibility index (Phi) is 4.15. The number of aldehydes is 1. The topological polar surface area (TPSA) is 29.5 Å². The Morgan fingerprint density at radius 1 is 1.41 bits per heavy atom. The van der Waals surface area contributed by atoms with Crippen molar-refractivity contribution in [1.29, 1.82) is 0 Å². The number of hydrogen-bond acceptors (Lipinski definition) is 3. The fourth-order valence-corrected chi connectivity index (χ4v) is 2.16. The van der Waals surface area contributed by atoms with E-state index in [1.165, 1.54) is 19.5 Å². The van der Waals surface area contributed by atoms with E-state index in [-0.39, 0.29) is 0 Å². The average Bonchev–Trinajstić information content (AvgIpc) is 2.76. The Labute approximate surface area is 102 Å². The Bertz CT molecular complexity index is 361. The molecule has 92 valence electrons. The first-order valence-corrected chi connectivity index (χ1v) is 6.18. The van der Waals surface area contributed by atoms with Crippen LogP contribution in [0, 0.1) is 5.92 Å². The highest BCUT2D eigenvalue weighted by molar-refractivity contribution is 5.74. The highest BCUT2D eigenvalue weighted by atomic mass is 16.5. The van der Waals surface area contributed by atoms with Crippen LogP contribution in [-0.4, -0.2) is 37.4 Å². The van der Waals surface area contributed by atoms with Gasteiger partial charge in [-0.1, -0.05) is 6.92 Å². The monoisotopic (exact) mass is 233 g/mol. The SMILES string of the molecule is C[C@H]1CCN(CCOc2ccc(C=O)cc2)C1. The third-order valence-electron chi connectivity index (χ3n) is 3.20. The predicted molar refractivity (Wildman–Crippen MR) is 67.5 cm³/mol. The highest BCUT2D eigenvalue weighted by Crippen LogP contribution is 2.15. The molecule has 0 aromatic heterocycles. The number of nitrogens with zero attached hydrogens (tertiary/aromatic N) is 1. The number of hydrogen-bond donors (Lipinski definition) is 0. The largest absolute Gasteiger partial charge is 0.492 e. The molecule has 0 bridgehead atoms. The lowest BCUT2D eigenvalue weighted by Crippen LogP contribution is -2.25. The molecule has 17 heavy (non-hydrogen) atoms. The smallest absolute Gasteiger partial charge is 0.150 e. The molecule has 3 heteroatoms. The van der Waals surface area contributed by atoms with E-state index in [1.807, 2.05) is 12.1 Å². The van der Waals surface area contributed by atoms with Gasteiger partial charge in [-0.2, -0.15) is 0 Å². The summed E-state index contributed by atoms with van der Waals surface area (Å²) in [6.45, 7) is 6.37. The summed E-state index contributed by atoms with van der Waals surface area (Å²) in [4.78, 5) is 12.9. The van der Waals surface area contributed by atoms with E-state index in [4.69, 9.17) is 4.74 Å². The second-order valence-electron chi connectivity index (χ2n) is 4.73. The van der Waals surface area contributed by atoms with Crippen LogP contribution in [-0.2, 0) is 0 Å². The lowest BCUT2D eigenvalue weighted by molar-refractivity contribution is 0.112. The minimum absolute atomic E-state index is 0.686. The van der Waals surface area contributed by atoms with Crippen molar-refractivity contribution in [2.45, 2.75) is 13.3 Å². The van der Waals surface area contributed by atoms with Gasteiger partial charge in [-0.25, -0.2) is 0 Å². The Balaban J connectivity index is 1.72. The zero-order valence-corrected chi connectivity index (χ0v) is 10.3. The van der Waals surface area contributed by atoms with Gasteiger partial charge in [0, 0.05) is 18.7 Å². The summed E-state index contributed by atoms with van der Waals surface area (Å²) in [6.07, 6.45) is 2.14. The summed E-state index contributed by atoms with van der Waals surface area (Å²) in [6, 6.07) is 7.24. The summed E-state index contributed by atoms with van der Waals surface area (Å²) < 4.78 is 5.65. The Hall–Kier alpha value is -1.35. The van der Waals surface area contributed by atoms with Crippen molar-refractivity contribution >= 4 is 6.29 Å². The van der Waals surface area contributed by atoms with Gasteiger partial charge in [-0.3, -0.25) is 9.69 Å². The zero-order valence-electron chi connectivity index (χ0n) is 10.3. The fourth-order valence-electron chi connectivity index (χ4n) is 2.16. The van der Waals surface area contributed by atoms with Gasteiger partial charge in [0.25, 0.3) is 0 Å². The normalized spacial score (nSPS) is 20.4. The zero-order chi connectivity index (χ0) is 12.1. The first-order valence-electron chi connectivity index (χ1n) is 6.18. The molecule has 1 atom stereocenters. The van der Waals surface area contributed by atoms with Gasteiger partial charge in [-0.05, 0) is 43.1 Å². The van der Waals surface area contributed by atoms with E-state index in [1.54, 1.807) is 12.1 Å². The molecule has 0 saturated carbocycles. The van der Waals surface area contributed by atoms with E-state index >= 15 is 0 Å². The molecule has 1 heterocycles. The molecule has 0 unspecified atom stereocenters. The number of rotatable bonds is 5. The molecule has 1 saturated heterocycles. The van der Waals surface area contributed by atoms with Crippen LogP contribution >= 0.6 is 0 Å². The van der Waals surface area contributed by atoms with Crippen LogP contribution in [0.2, 0.25) is 0 Å². The maximum absolute atomic E-state index is 10.5. The first kappa shape index (κ1) is 12.1. The van der Waals surface area contributed by atoms with Crippen molar-refractivity contribution < 1.29 is 9.53 Å². The van der Waals surface area contributed by atoms with E-state index in [0.717, 1.165) is 24.5 Å². The Morgan fingerprint density at radius 3 is 2.76 bits per heavy atom. The average molecular weight is 233 g/mol. The molecule has 0 radical (unpaired) electrons. The maximum Gasteiger partial charge on any atom is 0.150 e. The van der Waals surface area contributed by atoms with E-state index in [2.05, 4.69) is 11.8 Å². The lowest BCUT2D eigenvalue weighted by atomic mass is 10.2. The predicted octanol–water partition coefficient (Wildman–Crippen LogP) is 2.22. The standard InChI is InChI=1S/C14H19NO2/c1-12-6-7-15(10-12)8-9-17-14-4-2-13(11-16)3-5-14/h2-5,11-12H,6-10H2,1H3/t12-/m0/s1. The molecule has 0 aliphatic carbocycles. The van der Waals surface area contributed by atoms with Crippen LogP contribution in [0.3, 0.4) is 0 Å². The van der Waals surface area contributed by atoms with Gasteiger partial charge in [0.15, 0.2) is 0 Å². The van der Waals surface area contributed by atoms with Crippen molar-refractivity contribution in [2.24, 2.45) is 5.92 Å². The minimum Gasteiger partial charge on any atom is -0.492 e. The molecule has 1 aromatic rings. The minimum atomic E-state index is 0.686. The van der Waals surface area contributed by atoms with Gasteiger partial charge in [0.05, 0.1) is 0 Å². The van der Waals surface area contributed by atoms with Crippen LogP contribution in [0.4, 0.5) is 0 Å². The molecular weight excluding hydrogens is 214 g/mol. The van der Waals surface area contributed by atoms with Crippen LogP contribution in [0.15, 0.2) is 24.3 Å². The third kappa shape index (κ3) is 3.56. The van der Waals surface area contributed by atoms with Gasteiger partial charge < -0.3 is 4.74 Å². The van der Waals surface area contributed by atoms with E-state index in [0.29, 0.717) is 12.2 Å². The van der Waals surface area contributed by atoms with Crippen molar-refractivity contribution in [2.75, 3.05) is 26.2 Å². The quantitative estimate of drug-likeness (QED) is 0.730. The molecule has 1 aromatic carbocycles. The summed E-state index contributed by atoms with van der Waals surface area (Å²) in [5, 5.41) is 0. The number of carbonyl (C=O) groups excluding carboxylic acids is 1. The Morgan fingerprint density at radius 2 is 2.18 bits per heavy atom. The van der Waals surface area contributed by atoms with Gasteiger partial charge in [0.1, 0.15) is 18.6 Å². The molecule has 0 amide bonds. The number of benzene rings is 1. The number of carbonyl (C=O) groups is 1. The van der Waals surface area contributed by atoms with E-state index < -0.39 is 0 Å². The summed E-state index contributed by atoms with van der Waals surface area (Å²) in [5.41, 5.74) is 0.686. The maximum atomic E-state index is 10.5. The molecule has 1 aliphatic heterocycles. The third-order valence-corrected chi connectivity index (χ3v) is 3.20. The van der Waals surface area contributed by atoms with Crippen LogP contribution < -0.4 is 4.74 Å². The molecule has 1 aliphatic rings. The number of ether oxygens (including phenoxy) is 1. The van der Waals surface area contributed by atoms with Crippen molar-refractivity contribution in [3.05, 3.63) is 29.8 Å². The van der Waals surface area contributed by atoms with Crippen LogP contribution in [0.25, 0.3) is 0 Å².